The van der Waals surface area contributed by atoms with Gasteiger partial charge in [-0.2, -0.15) is 0 Å². The van der Waals surface area contributed by atoms with Crippen LogP contribution in [0.5, 0.6) is 11.5 Å². The van der Waals surface area contributed by atoms with E-state index in [0.717, 1.165) is 50.1 Å². The maximum Gasteiger partial charge on any atom is 0.120 e. The van der Waals surface area contributed by atoms with Crippen LogP contribution in [-0.4, -0.2) is 46.2 Å². The second-order valence-corrected chi connectivity index (χ2v) is 24.8. The molecule has 79 heavy (non-hydrogen) atoms. The average Bonchev–Trinajstić information content (AvgIpc) is 4.01. The Morgan fingerprint density at radius 1 is 0.316 bits per heavy atom. The number of rotatable bonds is 48. The first-order chi connectivity index (χ1) is 38.9. The summed E-state index contributed by atoms with van der Waals surface area (Å²) in [5, 5.41) is 23.9. The van der Waals surface area contributed by atoms with E-state index in [1.54, 1.807) is 0 Å². The first-order valence-electron chi connectivity index (χ1n) is 34.2. The summed E-state index contributed by atoms with van der Waals surface area (Å²) in [5.41, 5.74) is 10.6. The molecule has 4 aromatic rings. The van der Waals surface area contributed by atoms with Gasteiger partial charge in [-0.25, -0.2) is 0 Å². The van der Waals surface area contributed by atoms with Crippen molar-refractivity contribution < 1.29 is 10.2 Å². The molecule has 0 spiro atoms. The number of nitrogens with zero attached hydrogens (tertiary/aromatic N) is 2. The molecule has 2 atom stereocenters. The Kier molecular flexibility index (Phi) is 33.3. The van der Waals surface area contributed by atoms with Crippen molar-refractivity contribution in [1.29, 1.82) is 0 Å². The second kappa shape index (κ2) is 39.8. The molecule has 2 N–H and O–H groups in total. The smallest absolute Gasteiger partial charge is 0.120 e. The zero-order chi connectivity index (χ0) is 56.2. The highest BCUT2D eigenvalue weighted by atomic mass is 16.3. The molecule has 0 heterocycles. The summed E-state index contributed by atoms with van der Waals surface area (Å²) in [7, 11) is 0. The molecule has 0 aliphatic heterocycles. The fraction of sp³-hybridized carbons (Fsp3) is 0.680. The third kappa shape index (κ3) is 21.6. The van der Waals surface area contributed by atoms with Gasteiger partial charge in [0, 0.05) is 16.5 Å². The fourth-order valence-electron chi connectivity index (χ4n) is 13.7. The molecule has 4 nitrogen and oxygen atoms in total. The predicted octanol–water partition coefficient (Wildman–Crippen LogP) is 23.1. The van der Waals surface area contributed by atoms with Crippen LogP contribution >= 0.6 is 0 Å². The molecule has 4 aromatic carbocycles. The van der Waals surface area contributed by atoms with E-state index in [2.05, 4.69) is 112 Å². The minimum atomic E-state index is -0.133. The highest BCUT2D eigenvalue weighted by molar-refractivity contribution is 5.82. The van der Waals surface area contributed by atoms with Crippen molar-refractivity contribution >= 4 is 0 Å². The molecule has 0 radical (unpaired) electrons. The van der Waals surface area contributed by atoms with E-state index in [-0.39, 0.29) is 17.5 Å². The molecule has 0 aromatic heterocycles. The number of aromatic hydroxyl groups is 2. The summed E-state index contributed by atoms with van der Waals surface area (Å²) in [4.78, 5) is 5.58. The summed E-state index contributed by atoms with van der Waals surface area (Å²) in [5.74, 6) is 0.841. The molecule has 2 unspecified atom stereocenters. The van der Waals surface area contributed by atoms with E-state index in [0.29, 0.717) is 11.5 Å². The van der Waals surface area contributed by atoms with Gasteiger partial charge in [-0.1, -0.05) is 320 Å². The standard InChI is InChI=1S/C75H120N2O2/c1-7-13-19-25-31-41-55-75(56-42-32-26-20-14-8-2)69-61-63(73(67-47-37-39-49-71(67)78)76(57-43-33-27-21-15-9-3)58-44-34-28-22-16-10-4)51-53-65(69)66-54-52-64(62-70(66)75)74(68-48-38-40-50-72(68)79)77(59-45-35-29-23-17-11-5)60-46-36-30-24-18-12-6/h37-40,47-54,61-62,73-74,78-79H,7-36,41-46,55-60H2,1-6H3. The lowest BCUT2D eigenvalue weighted by Crippen LogP contribution is -2.33. The van der Waals surface area contributed by atoms with Crippen molar-refractivity contribution in [3.05, 3.63) is 118 Å². The number of fused-ring (bicyclic) bond motifs is 3. The third-order valence-corrected chi connectivity index (χ3v) is 18.3. The first kappa shape index (κ1) is 66.2. The molecular weight excluding hydrogens is 961 g/mol. The Hall–Kier alpha value is -3.60. The zero-order valence-corrected chi connectivity index (χ0v) is 52.2. The van der Waals surface area contributed by atoms with Gasteiger partial charge in [0.2, 0.25) is 0 Å². The van der Waals surface area contributed by atoms with Crippen molar-refractivity contribution in [1.82, 2.24) is 9.80 Å². The van der Waals surface area contributed by atoms with Crippen LogP contribution in [0.25, 0.3) is 11.1 Å². The van der Waals surface area contributed by atoms with Crippen molar-refractivity contribution in [2.24, 2.45) is 0 Å². The Morgan fingerprint density at radius 3 is 0.873 bits per heavy atom. The van der Waals surface area contributed by atoms with Crippen LogP contribution in [0.1, 0.15) is 331 Å². The minimum Gasteiger partial charge on any atom is -0.508 e. The van der Waals surface area contributed by atoms with E-state index in [1.165, 1.54) is 265 Å². The minimum absolute atomic E-state index is 0.0271. The number of unbranched alkanes of at least 4 members (excludes halogenated alkanes) is 30. The topological polar surface area (TPSA) is 46.9 Å². The van der Waals surface area contributed by atoms with Gasteiger partial charge in [-0.15, -0.1) is 0 Å². The lowest BCUT2D eigenvalue weighted by molar-refractivity contribution is 0.211. The Bertz CT molecular complexity index is 1990. The summed E-state index contributed by atoms with van der Waals surface area (Å²) in [6.07, 6.45) is 48.5. The van der Waals surface area contributed by atoms with Gasteiger partial charge in [-0.3, -0.25) is 9.80 Å². The number of phenolic OH excluding ortho intramolecular Hbond substituents is 2. The molecule has 0 saturated heterocycles. The van der Waals surface area contributed by atoms with Gasteiger partial charge in [0.1, 0.15) is 11.5 Å². The van der Waals surface area contributed by atoms with Crippen molar-refractivity contribution in [3.8, 4) is 22.6 Å². The van der Waals surface area contributed by atoms with Gasteiger partial charge in [-0.05, 0) is 110 Å². The second-order valence-electron chi connectivity index (χ2n) is 24.8. The zero-order valence-electron chi connectivity index (χ0n) is 52.2. The molecule has 5 rings (SSSR count). The fourth-order valence-corrected chi connectivity index (χ4v) is 13.7. The third-order valence-electron chi connectivity index (χ3n) is 18.3. The number of hydrogen-bond acceptors (Lipinski definition) is 4. The highest BCUT2D eigenvalue weighted by Gasteiger charge is 2.44. The summed E-state index contributed by atoms with van der Waals surface area (Å²) >= 11 is 0. The molecule has 0 bridgehead atoms. The van der Waals surface area contributed by atoms with Gasteiger partial charge in [0.15, 0.2) is 0 Å². The van der Waals surface area contributed by atoms with Crippen molar-refractivity contribution in [2.75, 3.05) is 26.2 Å². The summed E-state index contributed by atoms with van der Waals surface area (Å²) in [6.45, 7) is 18.1. The summed E-state index contributed by atoms with van der Waals surface area (Å²) in [6, 6.07) is 32.0. The van der Waals surface area contributed by atoms with E-state index < -0.39 is 0 Å². The molecule has 0 fully saturated rings. The van der Waals surface area contributed by atoms with Crippen LogP contribution in [0.3, 0.4) is 0 Å². The van der Waals surface area contributed by atoms with E-state index >= 15 is 0 Å². The monoisotopic (exact) mass is 1080 g/mol. The molecule has 0 saturated carbocycles. The first-order valence-corrected chi connectivity index (χ1v) is 34.2. The van der Waals surface area contributed by atoms with Crippen molar-refractivity contribution in [2.45, 2.75) is 303 Å². The van der Waals surface area contributed by atoms with Gasteiger partial charge < -0.3 is 10.2 Å². The molecular formula is C75H120N2O2. The van der Waals surface area contributed by atoms with Gasteiger partial charge in [0.05, 0.1) is 12.1 Å². The van der Waals surface area contributed by atoms with Crippen LogP contribution < -0.4 is 0 Å². The van der Waals surface area contributed by atoms with Crippen LogP contribution in [0, 0.1) is 0 Å². The lowest BCUT2D eigenvalue weighted by atomic mass is 9.69. The van der Waals surface area contributed by atoms with Gasteiger partial charge >= 0.3 is 0 Å². The molecule has 4 heteroatoms. The maximum absolute atomic E-state index is 12.0. The Morgan fingerprint density at radius 2 is 0.582 bits per heavy atom. The number of phenols is 2. The van der Waals surface area contributed by atoms with Crippen molar-refractivity contribution in [3.63, 3.8) is 0 Å². The number of hydrogen-bond donors (Lipinski definition) is 2. The van der Waals surface area contributed by atoms with Crippen LogP contribution in [0.15, 0.2) is 84.9 Å². The molecule has 0 amide bonds. The maximum atomic E-state index is 12.0. The van der Waals surface area contributed by atoms with Crippen LogP contribution in [0.2, 0.25) is 0 Å². The van der Waals surface area contributed by atoms with E-state index in [4.69, 9.17) is 0 Å². The normalized spacial score (nSPS) is 13.6. The van der Waals surface area contributed by atoms with Crippen LogP contribution in [-0.2, 0) is 5.41 Å². The predicted molar refractivity (Wildman–Crippen MR) is 345 cm³/mol. The lowest BCUT2D eigenvalue weighted by Gasteiger charge is -2.37. The highest BCUT2D eigenvalue weighted by Crippen LogP contribution is 2.56. The Labute approximate surface area is 487 Å². The number of para-hydroxylation sites is 2. The van der Waals surface area contributed by atoms with Crippen LogP contribution in [0.4, 0.5) is 0 Å². The molecule has 442 valence electrons. The summed E-state index contributed by atoms with van der Waals surface area (Å²) < 4.78 is 0. The van der Waals surface area contributed by atoms with Gasteiger partial charge in [0.25, 0.3) is 0 Å². The Balaban J connectivity index is 1.70. The van der Waals surface area contributed by atoms with E-state index in [1.807, 2.05) is 24.3 Å². The largest absolute Gasteiger partial charge is 0.508 e. The molecule has 1 aliphatic rings. The van der Waals surface area contributed by atoms with E-state index in [9.17, 15) is 10.2 Å². The number of benzene rings is 4. The SMILES string of the molecule is CCCCCCCCN(CCCCCCCC)C(c1ccc2c(c1)C(CCCCCCCC)(CCCCCCCC)c1cc(C(c3ccccc3O)N(CCCCCCCC)CCCCCCCC)ccc1-2)c1ccccc1O. The quantitative estimate of drug-likeness (QED) is 0.0433. The average molecular weight is 1080 g/mol. The molecule has 1 aliphatic carbocycles.